The minimum Gasteiger partial charge on any atom is -0.483 e. The van der Waals surface area contributed by atoms with Gasteiger partial charge in [-0.15, -0.1) is 0 Å². The van der Waals surface area contributed by atoms with Gasteiger partial charge in [-0.3, -0.25) is 4.79 Å². The van der Waals surface area contributed by atoms with E-state index < -0.39 is 0 Å². The topological polar surface area (TPSA) is 64.6 Å². The molecule has 0 bridgehead atoms. The van der Waals surface area contributed by atoms with Crippen molar-refractivity contribution in [3.8, 4) is 5.75 Å². The maximum atomic E-state index is 12.2. The summed E-state index contributed by atoms with van der Waals surface area (Å²) in [6, 6.07) is 8.31. The number of amides is 1. The van der Waals surface area contributed by atoms with Crippen LogP contribution in [-0.2, 0) is 9.53 Å². The van der Waals surface area contributed by atoms with Crippen molar-refractivity contribution in [1.82, 2.24) is 0 Å². The molecule has 2 rings (SSSR count). The summed E-state index contributed by atoms with van der Waals surface area (Å²) in [5, 5.41) is 3.39. The summed E-state index contributed by atoms with van der Waals surface area (Å²) in [7, 11) is 0. The molecule has 0 aromatic heterocycles. The maximum absolute atomic E-state index is 12.2. The minimum absolute atomic E-state index is 0.155. The summed E-state index contributed by atoms with van der Waals surface area (Å²) < 4.78 is 11.5. The van der Waals surface area contributed by atoms with Crippen LogP contribution in [0, 0.1) is 19.8 Å². The van der Waals surface area contributed by atoms with Gasteiger partial charge in [-0.1, -0.05) is 25.4 Å². The Kier molecular flexibility index (Phi) is 7.89. The molecule has 2 aromatic carbocycles. The molecule has 0 aliphatic carbocycles. The molecule has 150 valence electrons. The third kappa shape index (κ3) is 5.97. The Bertz CT molecular complexity index is 866. The van der Waals surface area contributed by atoms with Crippen LogP contribution in [0.5, 0.6) is 5.75 Å². The van der Waals surface area contributed by atoms with Crippen LogP contribution in [0.4, 0.5) is 5.69 Å². The fourth-order valence-electron chi connectivity index (χ4n) is 2.36. The lowest BCUT2D eigenvalue weighted by atomic mass is 10.1. The predicted molar refractivity (Wildman–Crippen MR) is 114 cm³/mol. The third-order valence-corrected chi connectivity index (χ3v) is 5.45. The number of carbonyl (C=O) groups is 2. The molecular weight excluding hydrogens is 446 g/mol. The highest BCUT2D eigenvalue weighted by molar-refractivity contribution is 9.10. The van der Waals surface area contributed by atoms with Gasteiger partial charge in [0, 0.05) is 10.7 Å². The number of ether oxygens (including phenoxy) is 2. The van der Waals surface area contributed by atoms with E-state index in [-0.39, 0.29) is 24.4 Å². The molecule has 0 aliphatic heterocycles. The Labute approximate surface area is 178 Å². The molecule has 0 radical (unpaired) electrons. The number of rotatable bonds is 7. The molecule has 7 heteroatoms. The van der Waals surface area contributed by atoms with E-state index in [0.29, 0.717) is 28.6 Å². The molecule has 0 unspecified atom stereocenters. The molecule has 1 N–H and O–H groups in total. The largest absolute Gasteiger partial charge is 0.483 e. The van der Waals surface area contributed by atoms with Crippen molar-refractivity contribution >= 4 is 45.1 Å². The smallest absolute Gasteiger partial charge is 0.338 e. The second kappa shape index (κ2) is 9.94. The molecule has 0 fully saturated rings. The fourth-order valence-corrected chi connectivity index (χ4v) is 3.05. The van der Waals surface area contributed by atoms with E-state index in [1.807, 2.05) is 27.7 Å². The average molecular weight is 469 g/mol. The molecule has 0 saturated heterocycles. The van der Waals surface area contributed by atoms with Gasteiger partial charge < -0.3 is 14.8 Å². The highest BCUT2D eigenvalue weighted by Gasteiger charge is 2.13. The summed E-state index contributed by atoms with van der Waals surface area (Å²) in [5.41, 5.74) is 2.73. The molecule has 28 heavy (non-hydrogen) atoms. The quantitative estimate of drug-likeness (QED) is 0.541. The van der Waals surface area contributed by atoms with Crippen LogP contribution in [-0.4, -0.2) is 25.1 Å². The van der Waals surface area contributed by atoms with E-state index in [4.69, 9.17) is 21.1 Å². The Morgan fingerprint density at radius 2 is 1.82 bits per heavy atom. The fraction of sp³-hybridized carbons (Fsp3) is 0.333. The van der Waals surface area contributed by atoms with Crippen LogP contribution in [0.3, 0.4) is 0 Å². The van der Waals surface area contributed by atoms with Crippen LogP contribution in [0.2, 0.25) is 5.02 Å². The second-order valence-electron chi connectivity index (χ2n) is 6.85. The molecular formula is C21H23BrClNO4. The number of nitrogens with one attached hydrogen (secondary N) is 1. The standard InChI is InChI=1S/C21H23BrClNO4/c1-12(2)10-28-21(26)15-5-7-16(8-6-15)24-18(25)11-27-17-9-13(3)20(23)14(4)19(17)22/h5-9,12H,10-11H2,1-4H3,(H,24,25). The Balaban J connectivity index is 1.92. The summed E-state index contributed by atoms with van der Waals surface area (Å²) in [6.07, 6.45) is 0. The van der Waals surface area contributed by atoms with Gasteiger partial charge in [0.2, 0.25) is 0 Å². The van der Waals surface area contributed by atoms with Crippen LogP contribution in [0.25, 0.3) is 0 Å². The highest BCUT2D eigenvalue weighted by Crippen LogP contribution is 2.35. The van der Waals surface area contributed by atoms with Gasteiger partial charge >= 0.3 is 5.97 Å². The number of esters is 1. The van der Waals surface area contributed by atoms with Gasteiger partial charge in [0.15, 0.2) is 6.61 Å². The zero-order chi connectivity index (χ0) is 20.8. The summed E-state index contributed by atoms with van der Waals surface area (Å²) in [6.45, 7) is 7.91. The van der Waals surface area contributed by atoms with Gasteiger partial charge in [0.25, 0.3) is 5.91 Å². The summed E-state index contributed by atoms with van der Waals surface area (Å²) in [4.78, 5) is 24.1. The van der Waals surface area contributed by atoms with E-state index in [2.05, 4.69) is 21.2 Å². The average Bonchev–Trinajstić information content (AvgIpc) is 2.66. The predicted octanol–water partition coefficient (Wildman–Crippen LogP) is 5.55. The van der Waals surface area contributed by atoms with Gasteiger partial charge in [-0.05, 0) is 77.2 Å². The Morgan fingerprint density at radius 1 is 1.18 bits per heavy atom. The zero-order valence-electron chi connectivity index (χ0n) is 16.3. The Hall–Kier alpha value is -2.05. The van der Waals surface area contributed by atoms with Crippen LogP contribution >= 0.6 is 27.5 Å². The van der Waals surface area contributed by atoms with Crippen molar-refractivity contribution in [3.63, 3.8) is 0 Å². The van der Waals surface area contributed by atoms with Crippen LogP contribution in [0.15, 0.2) is 34.8 Å². The number of halogens is 2. The number of anilines is 1. The van der Waals surface area contributed by atoms with Crippen LogP contribution < -0.4 is 10.1 Å². The van der Waals surface area contributed by atoms with Gasteiger partial charge in [0.1, 0.15) is 5.75 Å². The first-order chi connectivity index (χ1) is 13.2. The van der Waals surface area contributed by atoms with Crippen molar-refractivity contribution in [2.75, 3.05) is 18.5 Å². The monoisotopic (exact) mass is 467 g/mol. The van der Waals surface area contributed by atoms with Gasteiger partial charge in [-0.25, -0.2) is 4.79 Å². The lowest BCUT2D eigenvalue weighted by Gasteiger charge is -2.13. The summed E-state index contributed by atoms with van der Waals surface area (Å²) >= 11 is 9.64. The van der Waals surface area contributed by atoms with E-state index in [1.165, 1.54) is 0 Å². The first-order valence-corrected chi connectivity index (χ1v) is 10.0. The number of aryl methyl sites for hydroxylation is 1. The SMILES string of the molecule is Cc1cc(OCC(=O)Nc2ccc(C(=O)OCC(C)C)cc2)c(Br)c(C)c1Cl. The molecule has 0 aliphatic rings. The molecule has 0 heterocycles. The first-order valence-electron chi connectivity index (χ1n) is 8.84. The second-order valence-corrected chi connectivity index (χ2v) is 8.02. The Morgan fingerprint density at radius 3 is 2.43 bits per heavy atom. The lowest BCUT2D eigenvalue weighted by molar-refractivity contribution is -0.118. The zero-order valence-corrected chi connectivity index (χ0v) is 18.6. The van der Waals surface area contributed by atoms with Crippen molar-refractivity contribution in [3.05, 3.63) is 56.5 Å². The van der Waals surface area contributed by atoms with E-state index in [1.54, 1.807) is 30.3 Å². The first kappa shape index (κ1) is 22.2. The maximum Gasteiger partial charge on any atom is 0.338 e. The van der Waals surface area contributed by atoms with Crippen LogP contribution in [0.1, 0.15) is 35.3 Å². The van der Waals surface area contributed by atoms with Gasteiger partial charge in [-0.2, -0.15) is 0 Å². The molecule has 5 nitrogen and oxygen atoms in total. The van der Waals surface area contributed by atoms with E-state index >= 15 is 0 Å². The lowest BCUT2D eigenvalue weighted by Crippen LogP contribution is -2.20. The van der Waals surface area contributed by atoms with Crippen molar-refractivity contribution in [2.24, 2.45) is 5.92 Å². The molecule has 0 spiro atoms. The van der Waals surface area contributed by atoms with Crippen molar-refractivity contribution in [2.45, 2.75) is 27.7 Å². The molecule has 0 saturated carbocycles. The number of benzene rings is 2. The minimum atomic E-state index is -0.381. The molecule has 1 amide bonds. The van der Waals surface area contributed by atoms with E-state index in [0.717, 1.165) is 15.6 Å². The van der Waals surface area contributed by atoms with E-state index in [9.17, 15) is 9.59 Å². The normalized spacial score (nSPS) is 10.7. The molecule has 0 atom stereocenters. The number of hydrogen-bond acceptors (Lipinski definition) is 4. The number of carbonyl (C=O) groups excluding carboxylic acids is 2. The molecule has 2 aromatic rings. The summed E-state index contributed by atoms with van der Waals surface area (Å²) in [5.74, 6) is 0.133. The van der Waals surface area contributed by atoms with Crippen molar-refractivity contribution in [1.29, 1.82) is 0 Å². The highest BCUT2D eigenvalue weighted by atomic mass is 79.9. The van der Waals surface area contributed by atoms with Crippen molar-refractivity contribution < 1.29 is 19.1 Å². The third-order valence-electron chi connectivity index (χ3n) is 3.88. The van der Waals surface area contributed by atoms with Gasteiger partial charge in [0.05, 0.1) is 16.6 Å². The number of hydrogen-bond donors (Lipinski definition) is 1.